The highest BCUT2D eigenvalue weighted by molar-refractivity contribution is 7.89. The van der Waals surface area contributed by atoms with E-state index in [0.717, 1.165) is 44.9 Å². The van der Waals surface area contributed by atoms with Crippen LogP contribution in [0.2, 0.25) is 0 Å². The summed E-state index contributed by atoms with van der Waals surface area (Å²) in [6.07, 6.45) is 0. The second-order valence-corrected chi connectivity index (χ2v) is 13.7. The van der Waals surface area contributed by atoms with E-state index in [1.165, 1.54) is 0 Å². The van der Waals surface area contributed by atoms with Crippen molar-refractivity contribution in [2.75, 3.05) is 31.5 Å². The van der Waals surface area contributed by atoms with E-state index in [4.69, 9.17) is 9.97 Å². The average Bonchev–Trinajstić information content (AvgIpc) is 2.94. The van der Waals surface area contributed by atoms with Crippen LogP contribution in [0.1, 0.15) is 56.3 Å². The highest BCUT2D eigenvalue weighted by Gasteiger charge is 2.31. The monoisotopic (exact) mass is 557 g/mol. The molecule has 1 N–H and O–H groups in total. The molecule has 1 atom stereocenters. The topological polar surface area (TPSA) is 78.4 Å². The normalized spacial score (nSPS) is 16.2. The number of hydrogen-bond donors (Lipinski definition) is 1. The van der Waals surface area contributed by atoms with Gasteiger partial charge in [0.05, 0.1) is 16.5 Å². The van der Waals surface area contributed by atoms with Crippen LogP contribution in [-0.2, 0) is 15.4 Å². The van der Waals surface area contributed by atoms with Gasteiger partial charge >= 0.3 is 0 Å². The minimum absolute atomic E-state index is 0.0248. The molecular formula is C32H39N5O2S. The van der Waals surface area contributed by atoms with Gasteiger partial charge in [0.2, 0.25) is 10.0 Å². The summed E-state index contributed by atoms with van der Waals surface area (Å²) in [4.78, 5) is 12.5. The van der Waals surface area contributed by atoms with Crippen LogP contribution in [0.5, 0.6) is 0 Å². The summed E-state index contributed by atoms with van der Waals surface area (Å²) < 4.78 is 28.4. The number of nitrogens with one attached hydrogen (secondary N) is 1. The van der Waals surface area contributed by atoms with Crippen molar-refractivity contribution in [2.24, 2.45) is 0 Å². The Bertz CT molecular complexity index is 1600. The molecule has 1 aliphatic heterocycles. The van der Waals surface area contributed by atoms with Gasteiger partial charge in [0.25, 0.3) is 0 Å². The quantitative estimate of drug-likeness (QED) is 0.297. The van der Waals surface area contributed by atoms with Gasteiger partial charge in [0, 0.05) is 37.3 Å². The first-order valence-corrected chi connectivity index (χ1v) is 15.3. The molecule has 0 bridgehead atoms. The fraction of sp³-hybridized carbons (Fsp3) is 0.375. The molecule has 0 radical (unpaired) electrons. The molecule has 0 aliphatic carbocycles. The standard InChI is InChI=1S/C32H39N5O2S/c1-22-10-9-11-23(2)29(22)34-31-27-12-7-8-13-28(27)33-30(35-31)24(3)36-18-20-37(21-19-36)40(38,39)26-16-14-25(15-17-26)32(4,5)6/h7-17,24H,18-21H2,1-6H3,(H,33,34,35)/t24-/m1/s1. The molecule has 4 aromatic rings. The highest BCUT2D eigenvalue weighted by atomic mass is 32.2. The minimum Gasteiger partial charge on any atom is -0.339 e. The van der Waals surface area contributed by atoms with Gasteiger partial charge in [-0.05, 0) is 67.1 Å². The third kappa shape index (κ3) is 5.61. The maximum Gasteiger partial charge on any atom is 0.243 e. The molecule has 210 valence electrons. The molecule has 8 heteroatoms. The molecular weight excluding hydrogens is 518 g/mol. The molecule has 1 aromatic heterocycles. The largest absolute Gasteiger partial charge is 0.339 e. The van der Waals surface area contributed by atoms with E-state index in [1.807, 2.05) is 36.4 Å². The summed E-state index contributed by atoms with van der Waals surface area (Å²) in [6.45, 7) is 14.7. The molecule has 5 rings (SSSR count). The molecule has 1 aliphatic rings. The molecule has 2 heterocycles. The summed E-state index contributed by atoms with van der Waals surface area (Å²) in [5.41, 5.74) is 5.34. The molecule has 1 saturated heterocycles. The van der Waals surface area contributed by atoms with Gasteiger partial charge in [-0.1, -0.05) is 63.2 Å². The number of rotatable bonds is 6. The SMILES string of the molecule is Cc1cccc(C)c1Nc1nc([C@@H](C)N2CCN(S(=O)(=O)c3ccc(C(C)(C)C)cc3)CC2)nc2ccccc12. The van der Waals surface area contributed by atoms with Crippen molar-refractivity contribution < 1.29 is 8.42 Å². The molecule has 7 nitrogen and oxygen atoms in total. The van der Waals surface area contributed by atoms with Crippen LogP contribution >= 0.6 is 0 Å². The average molecular weight is 558 g/mol. The van der Waals surface area contributed by atoms with Gasteiger partial charge in [0.1, 0.15) is 11.6 Å². The van der Waals surface area contributed by atoms with Crippen molar-refractivity contribution in [1.82, 2.24) is 19.2 Å². The maximum atomic E-state index is 13.4. The third-order valence-corrected chi connectivity index (χ3v) is 9.81. The first kappa shape index (κ1) is 28.2. The number of piperazine rings is 1. The predicted octanol–water partition coefficient (Wildman–Crippen LogP) is 6.36. The minimum atomic E-state index is -3.55. The number of sulfonamides is 1. The Kier molecular flexibility index (Phi) is 7.70. The number of para-hydroxylation sites is 2. The van der Waals surface area contributed by atoms with Crippen LogP contribution < -0.4 is 5.32 Å². The predicted molar refractivity (Wildman–Crippen MR) is 163 cm³/mol. The number of aryl methyl sites for hydroxylation is 2. The van der Waals surface area contributed by atoms with Crippen molar-refractivity contribution in [2.45, 2.75) is 57.9 Å². The highest BCUT2D eigenvalue weighted by Crippen LogP contribution is 2.31. The van der Waals surface area contributed by atoms with Crippen LogP contribution in [0.4, 0.5) is 11.5 Å². The van der Waals surface area contributed by atoms with Crippen LogP contribution in [0.25, 0.3) is 10.9 Å². The Morgan fingerprint density at radius 1 is 0.825 bits per heavy atom. The maximum absolute atomic E-state index is 13.4. The molecule has 0 saturated carbocycles. The summed E-state index contributed by atoms with van der Waals surface area (Å²) in [5, 5.41) is 4.55. The Morgan fingerprint density at radius 2 is 1.45 bits per heavy atom. The van der Waals surface area contributed by atoms with Gasteiger partial charge in [-0.2, -0.15) is 4.31 Å². The Morgan fingerprint density at radius 3 is 2.08 bits per heavy atom. The van der Waals surface area contributed by atoms with E-state index in [0.29, 0.717) is 31.1 Å². The lowest BCUT2D eigenvalue weighted by atomic mass is 9.87. The second-order valence-electron chi connectivity index (χ2n) is 11.7. The second kappa shape index (κ2) is 10.9. The molecule has 1 fully saturated rings. The van der Waals surface area contributed by atoms with Crippen LogP contribution in [0.3, 0.4) is 0 Å². The first-order chi connectivity index (χ1) is 18.9. The number of benzene rings is 3. The van der Waals surface area contributed by atoms with E-state index in [9.17, 15) is 8.42 Å². The Balaban J connectivity index is 1.35. The Hall–Kier alpha value is -3.33. The number of nitrogens with zero attached hydrogens (tertiary/aromatic N) is 4. The van der Waals surface area contributed by atoms with Crippen molar-refractivity contribution >= 4 is 32.4 Å². The van der Waals surface area contributed by atoms with Gasteiger partial charge in [-0.3, -0.25) is 4.90 Å². The first-order valence-electron chi connectivity index (χ1n) is 13.9. The van der Waals surface area contributed by atoms with Gasteiger partial charge in [0.15, 0.2) is 0 Å². The Labute approximate surface area is 238 Å². The summed E-state index contributed by atoms with van der Waals surface area (Å²) in [7, 11) is -3.55. The lowest BCUT2D eigenvalue weighted by Crippen LogP contribution is -2.49. The van der Waals surface area contributed by atoms with Crippen LogP contribution in [0, 0.1) is 13.8 Å². The van der Waals surface area contributed by atoms with E-state index < -0.39 is 10.0 Å². The van der Waals surface area contributed by atoms with Crippen molar-refractivity contribution in [3.8, 4) is 0 Å². The van der Waals surface area contributed by atoms with E-state index >= 15 is 0 Å². The summed E-state index contributed by atoms with van der Waals surface area (Å²) in [6, 6.07) is 21.5. The number of aromatic nitrogens is 2. The lowest BCUT2D eigenvalue weighted by molar-refractivity contribution is 0.141. The molecule has 40 heavy (non-hydrogen) atoms. The number of hydrogen-bond acceptors (Lipinski definition) is 6. The third-order valence-electron chi connectivity index (χ3n) is 7.90. The van der Waals surface area contributed by atoms with Gasteiger partial charge in [-0.25, -0.2) is 18.4 Å². The van der Waals surface area contributed by atoms with E-state index in [1.54, 1.807) is 16.4 Å². The van der Waals surface area contributed by atoms with Crippen LogP contribution in [-0.4, -0.2) is 53.8 Å². The van der Waals surface area contributed by atoms with Gasteiger partial charge < -0.3 is 5.32 Å². The fourth-order valence-corrected chi connectivity index (χ4v) is 6.70. The number of fused-ring (bicyclic) bond motifs is 1. The number of anilines is 2. The molecule has 3 aromatic carbocycles. The van der Waals surface area contributed by atoms with Crippen LogP contribution in [0.15, 0.2) is 71.6 Å². The van der Waals surface area contributed by atoms with Crippen molar-refractivity contribution in [3.05, 3.63) is 89.2 Å². The van der Waals surface area contributed by atoms with Gasteiger partial charge in [-0.15, -0.1) is 0 Å². The van der Waals surface area contributed by atoms with E-state index in [2.05, 4.69) is 70.0 Å². The lowest BCUT2D eigenvalue weighted by Gasteiger charge is -2.37. The zero-order chi connectivity index (χ0) is 28.7. The zero-order valence-corrected chi connectivity index (χ0v) is 25.1. The molecule has 0 unspecified atom stereocenters. The van der Waals surface area contributed by atoms with Crippen molar-refractivity contribution in [3.63, 3.8) is 0 Å². The fourth-order valence-electron chi connectivity index (χ4n) is 5.28. The van der Waals surface area contributed by atoms with Crippen molar-refractivity contribution in [1.29, 1.82) is 0 Å². The molecule has 0 spiro atoms. The zero-order valence-electron chi connectivity index (χ0n) is 24.3. The molecule has 0 amide bonds. The summed E-state index contributed by atoms with van der Waals surface area (Å²) >= 11 is 0. The summed E-state index contributed by atoms with van der Waals surface area (Å²) in [5.74, 6) is 1.51. The van der Waals surface area contributed by atoms with E-state index in [-0.39, 0.29) is 11.5 Å². The smallest absolute Gasteiger partial charge is 0.243 e.